The van der Waals surface area contributed by atoms with Crippen LogP contribution in [0.3, 0.4) is 0 Å². The Morgan fingerprint density at radius 1 is 1.04 bits per heavy atom. The van der Waals surface area contributed by atoms with Gasteiger partial charge >= 0.3 is 0 Å². The van der Waals surface area contributed by atoms with Crippen LogP contribution >= 0.6 is 0 Å². The van der Waals surface area contributed by atoms with Crippen LogP contribution in [0.2, 0.25) is 0 Å². The first-order valence-corrected chi connectivity index (χ1v) is 10.3. The summed E-state index contributed by atoms with van der Waals surface area (Å²) in [4.78, 5) is 13.0. The van der Waals surface area contributed by atoms with Gasteiger partial charge in [0.2, 0.25) is 15.9 Å². The third-order valence-corrected chi connectivity index (χ3v) is 5.46. The summed E-state index contributed by atoms with van der Waals surface area (Å²) < 4.78 is 25.2. The first kappa shape index (κ1) is 20.1. The van der Waals surface area contributed by atoms with Crippen molar-refractivity contribution in [3.63, 3.8) is 0 Å². The van der Waals surface area contributed by atoms with Crippen LogP contribution in [0.1, 0.15) is 31.0 Å². The molecule has 140 valence electrons. The largest absolute Gasteiger partial charge is 0.349 e. The highest BCUT2D eigenvalue weighted by Gasteiger charge is 2.33. The zero-order chi connectivity index (χ0) is 19.4. The first-order chi connectivity index (χ1) is 12.1. The monoisotopic (exact) mass is 374 g/mol. The van der Waals surface area contributed by atoms with E-state index in [-0.39, 0.29) is 5.91 Å². The van der Waals surface area contributed by atoms with Crippen molar-refractivity contribution in [3.8, 4) is 0 Å². The molecule has 0 saturated heterocycles. The standard InChI is InChI=1S/C20H26N2O3S/c1-20(2,15-16-11-7-5-8-12-16)21-19(23)18(22(3)26(4,24)25)17-13-9-6-10-14-17/h5-14,18H,15H2,1-4H3,(H,21,23)/t18-/m0/s1. The minimum Gasteiger partial charge on any atom is -0.349 e. The smallest absolute Gasteiger partial charge is 0.243 e. The highest BCUT2D eigenvalue weighted by Crippen LogP contribution is 2.23. The lowest BCUT2D eigenvalue weighted by Gasteiger charge is -2.32. The summed E-state index contributed by atoms with van der Waals surface area (Å²) in [6.45, 7) is 3.86. The van der Waals surface area contributed by atoms with Gasteiger partial charge in [0, 0.05) is 12.6 Å². The number of benzene rings is 2. The number of rotatable bonds is 7. The van der Waals surface area contributed by atoms with Crippen LogP contribution in [-0.2, 0) is 21.2 Å². The van der Waals surface area contributed by atoms with E-state index >= 15 is 0 Å². The van der Waals surface area contributed by atoms with Gasteiger partial charge in [0.25, 0.3) is 0 Å². The second-order valence-electron chi connectivity index (χ2n) is 7.13. The second-order valence-corrected chi connectivity index (χ2v) is 9.17. The average molecular weight is 375 g/mol. The third kappa shape index (κ3) is 5.41. The van der Waals surface area contributed by atoms with Gasteiger partial charge in [-0.1, -0.05) is 60.7 Å². The van der Waals surface area contributed by atoms with Crippen molar-refractivity contribution in [2.75, 3.05) is 13.3 Å². The quantitative estimate of drug-likeness (QED) is 0.810. The summed E-state index contributed by atoms with van der Waals surface area (Å²) >= 11 is 0. The van der Waals surface area contributed by atoms with Crippen LogP contribution in [0.25, 0.3) is 0 Å². The number of nitrogens with zero attached hydrogens (tertiary/aromatic N) is 1. The van der Waals surface area contributed by atoms with Crippen LogP contribution in [0.4, 0.5) is 0 Å². The molecular formula is C20H26N2O3S. The van der Waals surface area contributed by atoms with Gasteiger partial charge in [-0.25, -0.2) is 8.42 Å². The van der Waals surface area contributed by atoms with Crippen molar-refractivity contribution in [1.82, 2.24) is 9.62 Å². The predicted molar refractivity (Wildman–Crippen MR) is 104 cm³/mol. The summed E-state index contributed by atoms with van der Waals surface area (Å²) in [6, 6.07) is 17.9. The lowest BCUT2D eigenvalue weighted by Crippen LogP contribution is -2.50. The molecule has 2 rings (SSSR count). The van der Waals surface area contributed by atoms with Crippen molar-refractivity contribution in [2.24, 2.45) is 0 Å². The summed E-state index contributed by atoms with van der Waals surface area (Å²) in [5, 5.41) is 3.01. The number of nitrogens with one attached hydrogen (secondary N) is 1. The van der Waals surface area contributed by atoms with E-state index in [1.807, 2.05) is 50.2 Å². The van der Waals surface area contributed by atoms with Crippen LogP contribution in [0, 0.1) is 0 Å². The number of carbonyl (C=O) groups excluding carboxylic acids is 1. The van der Waals surface area contributed by atoms with Crippen LogP contribution < -0.4 is 5.32 Å². The molecule has 5 nitrogen and oxygen atoms in total. The Kier molecular flexibility index (Phi) is 6.21. The zero-order valence-corrected chi connectivity index (χ0v) is 16.5. The maximum atomic E-state index is 13.0. The highest BCUT2D eigenvalue weighted by molar-refractivity contribution is 7.88. The second kappa shape index (κ2) is 8.01. The topological polar surface area (TPSA) is 66.5 Å². The average Bonchev–Trinajstić information content (AvgIpc) is 2.55. The SMILES string of the molecule is CN([C@H](C(=O)NC(C)(C)Cc1ccccc1)c1ccccc1)S(C)(=O)=O. The minimum absolute atomic E-state index is 0.343. The van der Waals surface area contributed by atoms with E-state index in [0.29, 0.717) is 12.0 Å². The van der Waals surface area contributed by atoms with E-state index in [4.69, 9.17) is 0 Å². The highest BCUT2D eigenvalue weighted by atomic mass is 32.2. The molecule has 26 heavy (non-hydrogen) atoms. The number of likely N-dealkylation sites (N-methyl/N-ethyl adjacent to an activating group) is 1. The number of hydrogen-bond donors (Lipinski definition) is 1. The zero-order valence-electron chi connectivity index (χ0n) is 15.6. The van der Waals surface area contributed by atoms with Gasteiger partial charge in [-0.15, -0.1) is 0 Å². The van der Waals surface area contributed by atoms with Crippen molar-refractivity contribution in [2.45, 2.75) is 31.8 Å². The number of hydrogen-bond acceptors (Lipinski definition) is 3. The van der Waals surface area contributed by atoms with E-state index in [0.717, 1.165) is 16.1 Å². The molecule has 0 spiro atoms. The van der Waals surface area contributed by atoms with Crippen LogP contribution in [0.15, 0.2) is 60.7 Å². The van der Waals surface area contributed by atoms with E-state index in [9.17, 15) is 13.2 Å². The van der Waals surface area contributed by atoms with Crippen molar-refractivity contribution in [1.29, 1.82) is 0 Å². The van der Waals surface area contributed by atoms with Gasteiger partial charge in [-0.2, -0.15) is 4.31 Å². The van der Waals surface area contributed by atoms with Gasteiger partial charge in [0.15, 0.2) is 0 Å². The van der Waals surface area contributed by atoms with Gasteiger partial charge in [0.1, 0.15) is 6.04 Å². The maximum absolute atomic E-state index is 13.0. The first-order valence-electron chi connectivity index (χ1n) is 8.44. The fourth-order valence-corrected chi connectivity index (χ4v) is 3.51. The Balaban J connectivity index is 2.26. The molecule has 2 aromatic rings. The van der Waals surface area contributed by atoms with Crippen molar-refractivity contribution in [3.05, 3.63) is 71.8 Å². The number of carbonyl (C=O) groups is 1. The van der Waals surface area contributed by atoms with E-state index < -0.39 is 21.6 Å². The van der Waals surface area contributed by atoms with Crippen LogP contribution in [0.5, 0.6) is 0 Å². The van der Waals surface area contributed by atoms with E-state index in [1.54, 1.807) is 24.3 Å². The molecule has 0 aliphatic carbocycles. The Labute approximate surface area is 156 Å². The molecular weight excluding hydrogens is 348 g/mol. The van der Waals surface area contributed by atoms with Gasteiger partial charge in [-0.05, 0) is 31.4 Å². The third-order valence-electron chi connectivity index (χ3n) is 4.20. The molecule has 0 saturated carbocycles. The summed E-state index contributed by atoms with van der Waals surface area (Å²) in [7, 11) is -2.11. The van der Waals surface area contributed by atoms with Crippen LogP contribution in [-0.4, -0.2) is 37.5 Å². The number of sulfonamides is 1. The molecule has 0 unspecified atom stereocenters. The van der Waals surface area contributed by atoms with E-state index in [1.165, 1.54) is 7.05 Å². The molecule has 1 atom stereocenters. The molecule has 1 amide bonds. The van der Waals surface area contributed by atoms with Crippen molar-refractivity contribution >= 4 is 15.9 Å². The Morgan fingerprint density at radius 3 is 2.04 bits per heavy atom. The molecule has 0 aliphatic rings. The molecule has 0 radical (unpaired) electrons. The Hall–Kier alpha value is -2.18. The summed E-state index contributed by atoms with van der Waals surface area (Å²) in [5.41, 5.74) is 1.21. The lowest BCUT2D eigenvalue weighted by atomic mass is 9.94. The molecule has 0 bridgehead atoms. The maximum Gasteiger partial charge on any atom is 0.243 e. The Bertz CT molecular complexity index is 834. The number of amides is 1. The Morgan fingerprint density at radius 2 is 1.54 bits per heavy atom. The van der Waals surface area contributed by atoms with Crippen molar-refractivity contribution < 1.29 is 13.2 Å². The predicted octanol–water partition coefficient (Wildman–Crippen LogP) is 2.76. The van der Waals surface area contributed by atoms with Gasteiger partial charge < -0.3 is 5.32 Å². The molecule has 0 aromatic heterocycles. The van der Waals surface area contributed by atoms with E-state index in [2.05, 4.69) is 5.32 Å². The molecule has 6 heteroatoms. The van der Waals surface area contributed by atoms with Gasteiger partial charge in [0.05, 0.1) is 6.26 Å². The summed E-state index contributed by atoms with van der Waals surface area (Å²) in [5.74, 6) is -0.343. The minimum atomic E-state index is -3.54. The molecule has 1 N–H and O–H groups in total. The lowest BCUT2D eigenvalue weighted by molar-refractivity contribution is -0.126. The fraction of sp³-hybridized carbons (Fsp3) is 0.350. The van der Waals surface area contributed by atoms with Gasteiger partial charge in [-0.3, -0.25) is 4.79 Å². The molecule has 0 heterocycles. The molecule has 2 aromatic carbocycles. The fourth-order valence-electron chi connectivity index (χ4n) is 2.91. The normalized spacial score (nSPS) is 13.4. The summed E-state index contributed by atoms with van der Waals surface area (Å²) in [6.07, 6.45) is 1.75. The molecule has 0 fully saturated rings. The molecule has 0 aliphatic heterocycles.